The molecule has 3 rings (SSSR count). The molecular weight excluding hydrogens is 376 g/mol. The summed E-state index contributed by atoms with van der Waals surface area (Å²) in [6.45, 7) is 5.83. The van der Waals surface area contributed by atoms with E-state index in [1.807, 2.05) is 74.5 Å². The predicted octanol–water partition coefficient (Wildman–Crippen LogP) is 5.93. The van der Waals surface area contributed by atoms with Crippen LogP contribution < -0.4 is 15.4 Å². The second-order valence-corrected chi connectivity index (χ2v) is 7.57. The van der Waals surface area contributed by atoms with Crippen LogP contribution in [0.3, 0.4) is 0 Å². The largest absolute Gasteiger partial charge is 0.554 e. The van der Waals surface area contributed by atoms with Gasteiger partial charge in [-0.15, -0.1) is 0 Å². The Morgan fingerprint density at radius 3 is 2.11 bits per heavy atom. The van der Waals surface area contributed by atoms with E-state index in [2.05, 4.69) is 18.3 Å². The monoisotopic (exact) mass is 397 g/mol. The third-order valence-corrected chi connectivity index (χ3v) is 5.37. The standard InChI is InChI=1S/C22H22BCl2NO/c1-15-9-11-18(13-21(15)24)23(17(3)26-19-7-5-4-6-8-19)27-20-12-10-16(2)22(25)14-20/h4-14,17,26H,1-3H3. The molecule has 0 aromatic heterocycles. The van der Waals surface area contributed by atoms with Gasteiger partial charge in [0.25, 0.3) is 0 Å². The van der Waals surface area contributed by atoms with Gasteiger partial charge >= 0.3 is 6.92 Å². The van der Waals surface area contributed by atoms with Crippen molar-refractivity contribution in [1.29, 1.82) is 0 Å². The first-order chi connectivity index (χ1) is 12.9. The van der Waals surface area contributed by atoms with Crippen molar-refractivity contribution in [3.05, 3.63) is 87.9 Å². The fourth-order valence-electron chi connectivity index (χ4n) is 2.91. The molecule has 2 nitrogen and oxygen atoms in total. The molecule has 0 fully saturated rings. The molecule has 1 N–H and O–H groups in total. The molecule has 0 spiro atoms. The van der Waals surface area contributed by atoms with E-state index in [1.54, 1.807) is 0 Å². The molecule has 0 aliphatic carbocycles. The molecule has 0 bridgehead atoms. The highest BCUT2D eigenvalue weighted by Crippen LogP contribution is 2.23. The summed E-state index contributed by atoms with van der Waals surface area (Å²) in [5.74, 6) is 0.736. The highest BCUT2D eigenvalue weighted by molar-refractivity contribution is 6.70. The number of para-hydroxylation sites is 1. The third-order valence-electron chi connectivity index (χ3n) is 4.55. The Bertz CT molecular complexity index is 917. The first kappa shape index (κ1) is 19.7. The number of anilines is 1. The van der Waals surface area contributed by atoms with Crippen LogP contribution in [0.15, 0.2) is 66.7 Å². The van der Waals surface area contributed by atoms with E-state index in [-0.39, 0.29) is 12.9 Å². The van der Waals surface area contributed by atoms with Crippen LogP contribution in [0.5, 0.6) is 5.75 Å². The molecule has 0 aliphatic rings. The predicted molar refractivity (Wildman–Crippen MR) is 118 cm³/mol. The van der Waals surface area contributed by atoms with Gasteiger partial charge in [0, 0.05) is 21.7 Å². The summed E-state index contributed by atoms with van der Waals surface area (Å²) in [6.07, 6.45) is 0. The lowest BCUT2D eigenvalue weighted by Crippen LogP contribution is -2.49. The lowest BCUT2D eigenvalue weighted by molar-refractivity contribution is 0.568. The van der Waals surface area contributed by atoms with Crippen molar-refractivity contribution >= 4 is 41.3 Å². The summed E-state index contributed by atoms with van der Waals surface area (Å²) in [4.78, 5) is 0. The van der Waals surface area contributed by atoms with Crippen molar-refractivity contribution < 1.29 is 4.65 Å². The number of halogens is 2. The average molecular weight is 398 g/mol. The summed E-state index contributed by atoms with van der Waals surface area (Å²) < 4.78 is 6.36. The molecule has 1 unspecified atom stereocenters. The number of hydrogen-bond donors (Lipinski definition) is 1. The lowest BCUT2D eigenvalue weighted by atomic mass is 9.54. The summed E-state index contributed by atoms with van der Waals surface area (Å²) in [7, 11) is 0. The van der Waals surface area contributed by atoms with Gasteiger partial charge in [-0.1, -0.05) is 59.6 Å². The van der Waals surface area contributed by atoms with E-state index in [4.69, 9.17) is 27.9 Å². The summed E-state index contributed by atoms with van der Waals surface area (Å²) in [5, 5.41) is 4.94. The van der Waals surface area contributed by atoms with Crippen molar-refractivity contribution in [2.24, 2.45) is 0 Å². The topological polar surface area (TPSA) is 21.3 Å². The van der Waals surface area contributed by atoms with Crippen LogP contribution in [0.4, 0.5) is 5.69 Å². The highest BCUT2D eigenvalue weighted by Gasteiger charge is 2.29. The van der Waals surface area contributed by atoms with Gasteiger partial charge in [0.05, 0.1) is 0 Å². The third kappa shape index (κ3) is 5.00. The maximum Gasteiger partial charge on any atom is 0.414 e. The van der Waals surface area contributed by atoms with Gasteiger partial charge < -0.3 is 9.97 Å². The Morgan fingerprint density at radius 1 is 0.852 bits per heavy atom. The van der Waals surface area contributed by atoms with Crippen LogP contribution in [0, 0.1) is 13.8 Å². The van der Waals surface area contributed by atoms with Gasteiger partial charge in [0.2, 0.25) is 0 Å². The van der Waals surface area contributed by atoms with Gasteiger partial charge in [-0.25, -0.2) is 0 Å². The molecular formula is C22H22BCl2NO. The highest BCUT2D eigenvalue weighted by atomic mass is 35.5. The Labute approximate surface area is 171 Å². The average Bonchev–Trinajstić information content (AvgIpc) is 2.65. The molecule has 5 heteroatoms. The maximum absolute atomic E-state index is 6.37. The minimum atomic E-state index is -0.234. The Balaban J connectivity index is 1.91. The summed E-state index contributed by atoms with van der Waals surface area (Å²) >= 11 is 12.7. The number of hydrogen-bond acceptors (Lipinski definition) is 2. The molecule has 0 heterocycles. The van der Waals surface area contributed by atoms with Crippen molar-refractivity contribution in [3.63, 3.8) is 0 Å². The van der Waals surface area contributed by atoms with Crippen LogP contribution >= 0.6 is 23.2 Å². The zero-order valence-electron chi connectivity index (χ0n) is 15.7. The minimum Gasteiger partial charge on any atom is -0.554 e. The molecule has 27 heavy (non-hydrogen) atoms. The molecule has 1 atom stereocenters. The molecule has 3 aromatic carbocycles. The number of rotatable bonds is 6. The van der Waals surface area contributed by atoms with Gasteiger partial charge in [-0.05, 0) is 67.7 Å². The maximum atomic E-state index is 6.37. The Hall–Kier alpha value is -2.10. The summed E-state index contributed by atoms with van der Waals surface area (Å²) in [6, 6.07) is 21.9. The van der Waals surface area contributed by atoms with E-state index in [9.17, 15) is 0 Å². The molecule has 0 radical (unpaired) electrons. The van der Waals surface area contributed by atoms with E-state index in [0.717, 1.165) is 33.0 Å². The Kier molecular flexibility index (Phi) is 6.36. The first-order valence-electron chi connectivity index (χ1n) is 8.94. The van der Waals surface area contributed by atoms with Gasteiger partial charge in [0.15, 0.2) is 0 Å². The SMILES string of the molecule is Cc1ccc(OB(c2ccc(C)c(Cl)c2)C(C)Nc2ccccc2)cc1Cl. The molecule has 0 saturated heterocycles. The zero-order chi connectivity index (χ0) is 19.4. The van der Waals surface area contributed by atoms with Crippen molar-refractivity contribution in [2.75, 3.05) is 5.32 Å². The minimum absolute atomic E-state index is 0.00579. The van der Waals surface area contributed by atoms with Crippen molar-refractivity contribution in [2.45, 2.75) is 26.7 Å². The molecule has 3 aromatic rings. The van der Waals surface area contributed by atoms with Gasteiger partial charge in [0.1, 0.15) is 5.75 Å². The van der Waals surface area contributed by atoms with E-state index in [0.29, 0.717) is 5.02 Å². The lowest BCUT2D eigenvalue weighted by Gasteiger charge is -2.24. The Morgan fingerprint density at radius 2 is 1.48 bits per heavy atom. The first-order valence-corrected chi connectivity index (χ1v) is 9.70. The van der Waals surface area contributed by atoms with Gasteiger partial charge in [-0.3, -0.25) is 0 Å². The molecule has 0 amide bonds. The zero-order valence-corrected chi connectivity index (χ0v) is 17.2. The number of benzene rings is 3. The van der Waals surface area contributed by atoms with Gasteiger partial charge in [-0.2, -0.15) is 0 Å². The number of aryl methyl sites for hydroxylation is 2. The van der Waals surface area contributed by atoms with Crippen LogP contribution in [0.1, 0.15) is 18.1 Å². The second kappa shape index (κ2) is 8.73. The molecule has 0 aliphatic heterocycles. The van der Waals surface area contributed by atoms with E-state index >= 15 is 0 Å². The second-order valence-electron chi connectivity index (χ2n) is 6.76. The molecule has 138 valence electrons. The number of nitrogens with one attached hydrogen (secondary N) is 1. The smallest absolute Gasteiger partial charge is 0.414 e. The van der Waals surface area contributed by atoms with E-state index < -0.39 is 0 Å². The fraction of sp³-hybridized carbons (Fsp3) is 0.182. The fourth-order valence-corrected chi connectivity index (χ4v) is 3.27. The van der Waals surface area contributed by atoms with Crippen LogP contribution in [-0.2, 0) is 0 Å². The van der Waals surface area contributed by atoms with Crippen LogP contribution in [-0.4, -0.2) is 12.9 Å². The van der Waals surface area contributed by atoms with Crippen LogP contribution in [0.25, 0.3) is 0 Å². The van der Waals surface area contributed by atoms with Crippen molar-refractivity contribution in [1.82, 2.24) is 0 Å². The summed E-state index contributed by atoms with van der Waals surface area (Å²) in [5.41, 5.74) is 4.12. The van der Waals surface area contributed by atoms with Crippen molar-refractivity contribution in [3.8, 4) is 5.75 Å². The quantitative estimate of drug-likeness (QED) is 0.520. The molecule has 0 saturated carbocycles. The van der Waals surface area contributed by atoms with E-state index in [1.165, 1.54) is 0 Å². The normalized spacial score (nSPS) is 11.7. The van der Waals surface area contributed by atoms with Crippen LogP contribution in [0.2, 0.25) is 10.0 Å².